The van der Waals surface area contributed by atoms with Crippen molar-refractivity contribution in [3.05, 3.63) is 96.9 Å². The molecule has 0 radical (unpaired) electrons. The number of nitrogens with zero attached hydrogens (tertiary/aromatic N) is 2. The number of nitrogens with one attached hydrogen (secondary N) is 1. The van der Waals surface area contributed by atoms with Crippen LogP contribution in [-0.2, 0) is 14.3 Å². The monoisotopic (exact) mass is 631 g/mol. The Morgan fingerprint density at radius 2 is 1.83 bits per heavy atom. The van der Waals surface area contributed by atoms with E-state index in [2.05, 4.69) is 5.32 Å². The second kappa shape index (κ2) is 13.2. The van der Waals surface area contributed by atoms with Crippen molar-refractivity contribution in [2.75, 3.05) is 18.5 Å². The first-order chi connectivity index (χ1) is 19.5. The Labute approximate surface area is 252 Å². The Hall–Kier alpha value is -3.84. The summed E-state index contributed by atoms with van der Waals surface area (Å²) in [5.41, 5.74) is 0.420. The fourth-order valence-corrected chi connectivity index (χ4v) is 5.64. The molecule has 1 aliphatic rings. The smallest absolute Gasteiger partial charge is 0.339 e. The Morgan fingerprint density at radius 3 is 2.51 bits per heavy atom. The lowest BCUT2D eigenvalue weighted by molar-refractivity contribution is -0.387. The van der Waals surface area contributed by atoms with Crippen LogP contribution in [0.2, 0.25) is 10.0 Å². The predicted molar refractivity (Wildman–Crippen MR) is 157 cm³/mol. The molecule has 0 aliphatic carbocycles. The molecule has 3 amide bonds. The first-order valence-corrected chi connectivity index (χ1v) is 14.2. The molecular formula is C27H19Cl2N3O7S2. The van der Waals surface area contributed by atoms with Crippen LogP contribution in [0, 0.1) is 10.1 Å². The SMILES string of the molecule is CCOC(=O)c1cc(NC(=O)CN2C(=O)S/C(=C\c3ccc(Sc4ccc(Cl)cc4)c([N+](=O)[O-])c3)C2=O)ccc1Cl. The molecule has 0 aromatic heterocycles. The maximum atomic E-state index is 12.9. The number of ether oxygens (including phenoxy) is 1. The van der Waals surface area contributed by atoms with Crippen molar-refractivity contribution in [1.82, 2.24) is 4.90 Å². The number of imide groups is 1. The van der Waals surface area contributed by atoms with E-state index >= 15 is 0 Å². The van der Waals surface area contributed by atoms with Crippen LogP contribution in [0.25, 0.3) is 6.08 Å². The van der Waals surface area contributed by atoms with Crippen molar-refractivity contribution in [3.8, 4) is 0 Å². The molecule has 1 N–H and O–H groups in total. The number of anilines is 1. The van der Waals surface area contributed by atoms with Crippen molar-refractivity contribution >= 4 is 87.2 Å². The van der Waals surface area contributed by atoms with E-state index in [0.717, 1.165) is 9.80 Å². The molecule has 10 nitrogen and oxygen atoms in total. The van der Waals surface area contributed by atoms with Crippen LogP contribution >= 0.6 is 46.7 Å². The van der Waals surface area contributed by atoms with E-state index in [1.54, 1.807) is 43.3 Å². The zero-order chi connectivity index (χ0) is 29.7. The standard InChI is InChI=1S/C27H19Cl2N3O7S2/c1-2-39-26(35)19-13-17(6-9-20(19)29)30-24(33)14-31-25(34)23(41-27(31)36)12-15-3-10-22(21(11-15)32(37)38)40-18-7-4-16(28)5-8-18/h3-13H,2,14H2,1H3,(H,30,33)/b23-12-. The quantitative estimate of drug-likeness (QED) is 0.116. The summed E-state index contributed by atoms with van der Waals surface area (Å²) in [5, 5.41) is 14.3. The Kier molecular flexibility index (Phi) is 9.71. The van der Waals surface area contributed by atoms with Crippen LogP contribution in [0.4, 0.5) is 16.2 Å². The maximum absolute atomic E-state index is 12.9. The number of nitro benzene ring substituents is 1. The highest BCUT2D eigenvalue weighted by molar-refractivity contribution is 8.18. The highest BCUT2D eigenvalue weighted by Crippen LogP contribution is 2.38. The number of halogens is 2. The molecule has 0 atom stereocenters. The predicted octanol–water partition coefficient (Wildman–Crippen LogP) is 6.90. The van der Waals surface area contributed by atoms with Crippen LogP contribution in [0.1, 0.15) is 22.8 Å². The van der Waals surface area contributed by atoms with Gasteiger partial charge in [0.05, 0.1) is 31.9 Å². The molecule has 0 spiro atoms. The van der Waals surface area contributed by atoms with Gasteiger partial charge in [0.15, 0.2) is 0 Å². The number of hydrogen-bond donors (Lipinski definition) is 1. The molecule has 14 heteroatoms. The van der Waals surface area contributed by atoms with Gasteiger partial charge in [-0.1, -0.05) is 41.0 Å². The number of carbonyl (C=O) groups excluding carboxylic acids is 4. The number of benzene rings is 3. The fourth-order valence-electron chi connectivity index (χ4n) is 3.58. The molecule has 4 rings (SSSR count). The summed E-state index contributed by atoms with van der Waals surface area (Å²) in [6.07, 6.45) is 1.36. The van der Waals surface area contributed by atoms with E-state index in [0.29, 0.717) is 27.2 Å². The average Bonchev–Trinajstić information content (AvgIpc) is 3.19. The number of nitro groups is 1. The molecule has 1 heterocycles. The first-order valence-electron chi connectivity index (χ1n) is 11.8. The molecule has 0 saturated carbocycles. The number of amides is 3. The van der Waals surface area contributed by atoms with Gasteiger partial charge in [0, 0.05) is 21.7 Å². The minimum Gasteiger partial charge on any atom is -0.462 e. The Morgan fingerprint density at radius 1 is 1.10 bits per heavy atom. The number of carbonyl (C=O) groups is 4. The topological polar surface area (TPSA) is 136 Å². The number of hydrogen-bond acceptors (Lipinski definition) is 9. The summed E-state index contributed by atoms with van der Waals surface area (Å²) in [6, 6.07) is 15.5. The van der Waals surface area contributed by atoms with E-state index in [4.69, 9.17) is 27.9 Å². The first kappa shape index (κ1) is 30.1. The molecular weight excluding hydrogens is 613 g/mol. The van der Waals surface area contributed by atoms with Crippen LogP contribution in [0.5, 0.6) is 0 Å². The molecule has 0 bridgehead atoms. The molecule has 1 saturated heterocycles. The van der Waals surface area contributed by atoms with E-state index < -0.39 is 34.5 Å². The van der Waals surface area contributed by atoms with Gasteiger partial charge in [-0.3, -0.25) is 29.4 Å². The summed E-state index contributed by atoms with van der Waals surface area (Å²) in [4.78, 5) is 63.3. The summed E-state index contributed by atoms with van der Waals surface area (Å²) < 4.78 is 4.94. The lowest BCUT2D eigenvalue weighted by Crippen LogP contribution is -2.36. The lowest BCUT2D eigenvalue weighted by Gasteiger charge is -2.13. The number of rotatable bonds is 9. The largest absolute Gasteiger partial charge is 0.462 e. The van der Waals surface area contributed by atoms with Gasteiger partial charge in [0.1, 0.15) is 6.54 Å². The fraction of sp³-hybridized carbons (Fsp3) is 0.111. The molecule has 3 aromatic rings. The molecule has 3 aromatic carbocycles. The number of esters is 1. The van der Waals surface area contributed by atoms with Crippen molar-refractivity contribution < 1.29 is 28.8 Å². The molecule has 210 valence electrons. The third-order valence-corrected chi connectivity index (χ3v) is 8.00. The minimum absolute atomic E-state index is 0.00583. The van der Waals surface area contributed by atoms with Crippen LogP contribution in [0.3, 0.4) is 0 Å². The van der Waals surface area contributed by atoms with Crippen LogP contribution < -0.4 is 5.32 Å². The second-order valence-electron chi connectivity index (χ2n) is 8.27. The van der Waals surface area contributed by atoms with E-state index in [1.165, 1.54) is 42.1 Å². The molecule has 1 aliphatic heterocycles. The summed E-state index contributed by atoms with van der Waals surface area (Å²) in [6.45, 7) is 1.19. The summed E-state index contributed by atoms with van der Waals surface area (Å²) >= 11 is 13.7. The minimum atomic E-state index is -0.722. The van der Waals surface area contributed by atoms with E-state index in [1.807, 2.05) is 0 Å². The Bertz CT molecular complexity index is 1600. The van der Waals surface area contributed by atoms with Gasteiger partial charge in [-0.25, -0.2) is 4.79 Å². The second-order valence-corrected chi connectivity index (χ2v) is 11.2. The van der Waals surface area contributed by atoms with Gasteiger partial charge >= 0.3 is 5.97 Å². The zero-order valence-electron chi connectivity index (χ0n) is 21.1. The third kappa shape index (κ3) is 7.47. The highest BCUT2D eigenvalue weighted by Gasteiger charge is 2.36. The average molecular weight is 633 g/mol. The van der Waals surface area contributed by atoms with Crippen molar-refractivity contribution in [2.24, 2.45) is 0 Å². The van der Waals surface area contributed by atoms with Crippen LogP contribution in [-0.4, -0.2) is 46.0 Å². The number of thioether (sulfide) groups is 1. The lowest BCUT2D eigenvalue weighted by atomic mass is 10.2. The van der Waals surface area contributed by atoms with Gasteiger partial charge in [-0.2, -0.15) is 0 Å². The molecule has 41 heavy (non-hydrogen) atoms. The van der Waals surface area contributed by atoms with Gasteiger partial charge in [0.25, 0.3) is 16.8 Å². The highest BCUT2D eigenvalue weighted by atomic mass is 35.5. The van der Waals surface area contributed by atoms with E-state index in [-0.39, 0.29) is 33.5 Å². The van der Waals surface area contributed by atoms with Crippen molar-refractivity contribution in [1.29, 1.82) is 0 Å². The zero-order valence-corrected chi connectivity index (χ0v) is 24.2. The van der Waals surface area contributed by atoms with Gasteiger partial charge in [0.2, 0.25) is 5.91 Å². The third-order valence-electron chi connectivity index (χ3n) is 5.44. The summed E-state index contributed by atoms with van der Waals surface area (Å²) in [7, 11) is 0. The van der Waals surface area contributed by atoms with E-state index in [9.17, 15) is 29.3 Å². The normalized spacial score (nSPS) is 13.9. The van der Waals surface area contributed by atoms with Crippen LogP contribution in [0.15, 0.2) is 75.4 Å². The van der Waals surface area contributed by atoms with Crippen molar-refractivity contribution in [2.45, 2.75) is 16.7 Å². The molecule has 1 fully saturated rings. The van der Waals surface area contributed by atoms with Gasteiger partial charge in [-0.15, -0.1) is 0 Å². The summed E-state index contributed by atoms with van der Waals surface area (Å²) in [5.74, 6) is -2.08. The molecule has 0 unspecified atom stereocenters. The maximum Gasteiger partial charge on any atom is 0.339 e. The Balaban J connectivity index is 1.47. The van der Waals surface area contributed by atoms with Crippen molar-refractivity contribution in [3.63, 3.8) is 0 Å². The van der Waals surface area contributed by atoms with Gasteiger partial charge < -0.3 is 10.1 Å². The van der Waals surface area contributed by atoms with Gasteiger partial charge in [-0.05, 0) is 78.9 Å².